The minimum atomic E-state index is -3.55. The van der Waals surface area contributed by atoms with Crippen LogP contribution in [0.15, 0.2) is 78.4 Å². The molecule has 2 aromatic heterocycles. The number of ether oxygens (including phenoxy) is 1. The molecule has 0 bridgehead atoms. The Morgan fingerprint density at radius 3 is 2.36 bits per heavy atom. The number of anilines is 2. The molecule has 0 aliphatic rings. The number of carbonyl (C=O) groups excluding carboxylic acids is 2. The largest absolute Gasteiger partial charge is 0.478 e. The van der Waals surface area contributed by atoms with Gasteiger partial charge in [-0.2, -0.15) is 0 Å². The topological polar surface area (TPSA) is 157 Å². The van der Waals surface area contributed by atoms with Crippen LogP contribution in [0.2, 0.25) is 0 Å². The fraction of sp³-hybridized carbons (Fsp3) is 0.154. The summed E-state index contributed by atoms with van der Waals surface area (Å²) in [7, 11) is -3.55. The second-order valence-corrected chi connectivity index (χ2v) is 11.2. The summed E-state index contributed by atoms with van der Waals surface area (Å²) in [6, 6.07) is 16.8. The molecule has 3 N–H and O–H groups in total. The zero-order valence-corrected chi connectivity index (χ0v) is 22.2. The lowest BCUT2D eigenvalue weighted by Gasteiger charge is -2.16. The van der Waals surface area contributed by atoms with Crippen LogP contribution in [0.4, 0.5) is 10.8 Å². The van der Waals surface area contributed by atoms with E-state index < -0.39 is 33.7 Å². The van der Waals surface area contributed by atoms with Crippen molar-refractivity contribution >= 4 is 50.0 Å². The van der Waals surface area contributed by atoms with Gasteiger partial charge in [0.05, 0.1) is 36.4 Å². The number of benzene rings is 2. The van der Waals surface area contributed by atoms with E-state index in [0.29, 0.717) is 16.4 Å². The predicted octanol–water partition coefficient (Wildman–Crippen LogP) is 3.53. The summed E-state index contributed by atoms with van der Waals surface area (Å²) in [6.45, 7) is -0.279. The van der Waals surface area contributed by atoms with E-state index in [-0.39, 0.29) is 24.5 Å². The molecule has 0 fully saturated rings. The number of nitrogens with one attached hydrogen (secondary N) is 2. The SMILES string of the molecule is CS(=O)(=O)n1ccc(NC(=O)[C@H](COCc2ccc(C(=O)O)cc2)C(=O)Nc2nc(-c3ccccc3)cs2)c1. The average Bonchev–Trinajstić information content (AvgIpc) is 3.57. The zero-order valence-electron chi connectivity index (χ0n) is 20.6. The van der Waals surface area contributed by atoms with Crippen LogP contribution in [0.5, 0.6) is 0 Å². The summed E-state index contributed by atoms with van der Waals surface area (Å²) >= 11 is 1.20. The van der Waals surface area contributed by atoms with Crippen LogP contribution in [0.25, 0.3) is 11.3 Å². The molecule has 13 heteroatoms. The Bertz CT molecular complexity index is 1580. The lowest BCUT2D eigenvalue weighted by molar-refractivity contribution is -0.132. The van der Waals surface area contributed by atoms with Gasteiger partial charge in [0.15, 0.2) is 5.13 Å². The maximum Gasteiger partial charge on any atom is 0.335 e. The summed E-state index contributed by atoms with van der Waals surface area (Å²) < 4.78 is 30.1. The van der Waals surface area contributed by atoms with Crippen molar-refractivity contribution in [3.63, 3.8) is 0 Å². The minimum Gasteiger partial charge on any atom is -0.478 e. The fourth-order valence-corrected chi connectivity index (χ4v) is 4.77. The maximum absolute atomic E-state index is 13.2. The van der Waals surface area contributed by atoms with Crippen molar-refractivity contribution in [2.45, 2.75) is 6.61 Å². The molecule has 202 valence electrons. The number of amides is 2. The van der Waals surface area contributed by atoms with Gasteiger partial charge in [0.1, 0.15) is 5.92 Å². The van der Waals surface area contributed by atoms with Gasteiger partial charge < -0.3 is 20.5 Å². The highest BCUT2D eigenvalue weighted by Crippen LogP contribution is 2.25. The van der Waals surface area contributed by atoms with Crippen LogP contribution in [0.1, 0.15) is 15.9 Å². The van der Waals surface area contributed by atoms with E-state index in [4.69, 9.17) is 9.84 Å². The number of aromatic nitrogens is 2. The molecule has 0 aliphatic heterocycles. The molecule has 4 aromatic rings. The number of nitrogens with zero attached hydrogens (tertiary/aromatic N) is 2. The van der Waals surface area contributed by atoms with Crippen molar-refractivity contribution in [3.8, 4) is 11.3 Å². The van der Waals surface area contributed by atoms with Gasteiger partial charge in [0.2, 0.25) is 21.8 Å². The Balaban J connectivity index is 1.47. The molecule has 39 heavy (non-hydrogen) atoms. The molecule has 1 atom stereocenters. The van der Waals surface area contributed by atoms with Gasteiger partial charge in [-0.3, -0.25) is 13.6 Å². The number of carboxylic acids is 1. The lowest BCUT2D eigenvalue weighted by Crippen LogP contribution is -2.37. The van der Waals surface area contributed by atoms with E-state index >= 15 is 0 Å². The standard InChI is InChI=1S/C26H24N4O7S2/c1-39(35,36)30-12-11-20(13-30)27-23(31)21(15-37-14-17-7-9-19(10-8-17)25(33)34)24(32)29-26-28-22(16-38-26)18-5-3-2-4-6-18/h2-13,16,21H,14-15H2,1H3,(H,27,31)(H,33,34)(H,28,29,32)/t21-/m0/s1. The minimum absolute atomic E-state index is 0.0246. The van der Waals surface area contributed by atoms with Gasteiger partial charge in [-0.25, -0.2) is 18.2 Å². The number of aromatic carboxylic acids is 1. The van der Waals surface area contributed by atoms with Gasteiger partial charge in [0, 0.05) is 23.3 Å². The maximum atomic E-state index is 13.2. The van der Waals surface area contributed by atoms with E-state index in [9.17, 15) is 22.8 Å². The summed E-state index contributed by atoms with van der Waals surface area (Å²) in [5.74, 6) is -3.74. The van der Waals surface area contributed by atoms with Crippen LogP contribution < -0.4 is 10.6 Å². The Kier molecular flexibility index (Phi) is 8.54. The monoisotopic (exact) mass is 568 g/mol. The van der Waals surface area contributed by atoms with Crippen LogP contribution in [-0.2, 0) is 31.0 Å². The number of thiazole rings is 1. The fourth-order valence-electron chi connectivity index (χ4n) is 3.46. The average molecular weight is 569 g/mol. The van der Waals surface area contributed by atoms with Crippen LogP contribution in [0, 0.1) is 5.92 Å². The van der Waals surface area contributed by atoms with Gasteiger partial charge in [-0.05, 0) is 23.8 Å². The van der Waals surface area contributed by atoms with E-state index in [1.165, 1.54) is 41.9 Å². The van der Waals surface area contributed by atoms with Crippen LogP contribution in [-0.4, -0.2) is 53.1 Å². The smallest absolute Gasteiger partial charge is 0.335 e. The molecule has 4 rings (SSSR count). The molecule has 0 unspecified atom stereocenters. The first-order valence-corrected chi connectivity index (χ1v) is 14.2. The Labute approximate surface area is 228 Å². The molecule has 0 saturated carbocycles. The van der Waals surface area contributed by atoms with Gasteiger partial charge in [0.25, 0.3) is 0 Å². The van der Waals surface area contributed by atoms with Crippen molar-refractivity contribution in [1.29, 1.82) is 0 Å². The highest BCUT2D eigenvalue weighted by atomic mass is 32.2. The van der Waals surface area contributed by atoms with E-state index in [0.717, 1.165) is 15.8 Å². The van der Waals surface area contributed by atoms with Crippen molar-refractivity contribution in [1.82, 2.24) is 8.96 Å². The summed E-state index contributed by atoms with van der Waals surface area (Å²) in [5.41, 5.74) is 2.50. The van der Waals surface area contributed by atoms with Crippen molar-refractivity contribution in [3.05, 3.63) is 89.6 Å². The molecule has 0 saturated heterocycles. The Morgan fingerprint density at radius 1 is 1.03 bits per heavy atom. The van der Waals surface area contributed by atoms with Gasteiger partial charge in [-0.1, -0.05) is 42.5 Å². The Hall–Kier alpha value is -4.33. The third-order valence-corrected chi connectivity index (χ3v) is 7.26. The summed E-state index contributed by atoms with van der Waals surface area (Å²) in [5, 5.41) is 16.3. The molecule has 0 spiro atoms. The van der Waals surface area contributed by atoms with E-state index in [1.807, 2.05) is 30.3 Å². The first kappa shape index (κ1) is 27.7. The van der Waals surface area contributed by atoms with Crippen LogP contribution in [0.3, 0.4) is 0 Å². The third kappa shape index (κ3) is 7.37. The number of carboxylic acid groups (broad SMARTS) is 1. The highest BCUT2D eigenvalue weighted by molar-refractivity contribution is 7.89. The quantitative estimate of drug-likeness (QED) is 0.232. The lowest BCUT2D eigenvalue weighted by atomic mass is 10.1. The summed E-state index contributed by atoms with van der Waals surface area (Å²) in [6.07, 6.45) is 3.52. The molecule has 2 aromatic carbocycles. The van der Waals surface area contributed by atoms with Gasteiger partial charge in [-0.15, -0.1) is 11.3 Å². The number of rotatable bonds is 11. The van der Waals surface area contributed by atoms with E-state index in [1.54, 1.807) is 17.5 Å². The molecular weight excluding hydrogens is 544 g/mol. The van der Waals surface area contributed by atoms with Crippen molar-refractivity contribution in [2.24, 2.45) is 5.92 Å². The second-order valence-electron chi connectivity index (χ2n) is 8.45. The zero-order chi connectivity index (χ0) is 28.0. The number of carbonyl (C=O) groups is 3. The van der Waals surface area contributed by atoms with Crippen molar-refractivity contribution in [2.75, 3.05) is 23.5 Å². The number of hydrogen-bond donors (Lipinski definition) is 3. The van der Waals surface area contributed by atoms with Crippen molar-refractivity contribution < 1.29 is 32.6 Å². The second kappa shape index (κ2) is 12.0. The highest BCUT2D eigenvalue weighted by Gasteiger charge is 2.28. The third-order valence-electron chi connectivity index (χ3n) is 5.51. The molecular formula is C26H24N4O7S2. The van der Waals surface area contributed by atoms with E-state index in [2.05, 4.69) is 15.6 Å². The molecule has 0 radical (unpaired) electrons. The van der Waals surface area contributed by atoms with Gasteiger partial charge >= 0.3 is 5.97 Å². The number of hydrogen-bond acceptors (Lipinski definition) is 8. The van der Waals surface area contributed by atoms with Crippen LogP contribution >= 0.6 is 11.3 Å². The molecule has 0 aliphatic carbocycles. The molecule has 2 heterocycles. The first-order valence-electron chi connectivity index (χ1n) is 11.5. The predicted molar refractivity (Wildman–Crippen MR) is 146 cm³/mol. The molecule has 2 amide bonds. The summed E-state index contributed by atoms with van der Waals surface area (Å²) in [4.78, 5) is 41.7. The Morgan fingerprint density at radius 2 is 1.72 bits per heavy atom. The molecule has 11 nitrogen and oxygen atoms in total. The first-order chi connectivity index (χ1) is 18.6. The normalized spacial score (nSPS) is 12.0.